The molecule has 0 saturated heterocycles. The third-order valence-electron chi connectivity index (χ3n) is 3.20. The highest BCUT2D eigenvalue weighted by molar-refractivity contribution is 5.87. The van der Waals surface area contributed by atoms with Gasteiger partial charge in [0, 0.05) is 24.0 Å². The monoisotopic (exact) mass is 352 g/mol. The van der Waals surface area contributed by atoms with Crippen molar-refractivity contribution < 1.29 is 32.2 Å². The first-order chi connectivity index (χ1) is 11.7. The minimum absolute atomic E-state index is 0.0903. The van der Waals surface area contributed by atoms with Gasteiger partial charge in [-0.3, -0.25) is 0 Å². The molecule has 0 bridgehead atoms. The van der Waals surface area contributed by atoms with Crippen LogP contribution in [-0.4, -0.2) is 17.7 Å². The van der Waals surface area contributed by atoms with E-state index in [0.29, 0.717) is 12.5 Å². The third kappa shape index (κ3) is 4.98. The molecule has 0 amide bonds. The van der Waals surface area contributed by atoms with Gasteiger partial charge in [0.25, 0.3) is 5.92 Å². The van der Waals surface area contributed by atoms with E-state index in [1.165, 1.54) is 36.4 Å². The highest BCUT2D eigenvalue weighted by Crippen LogP contribution is 2.36. The second kappa shape index (κ2) is 7.26. The number of alkyl halides is 4. The van der Waals surface area contributed by atoms with Gasteiger partial charge in [-0.15, -0.1) is 0 Å². The lowest BCUT2D eigenvalue weighted by molar-refractivity contribution is -0.130. The number of hydrogen-bond donors (Lipinski definition) is 1. The maximum absolute atomic E-state index is 13.9. The first-order valence-electron chi connectivity index (χ1n) is 6.99. The molecular formula is C18H12F4O3. The van der Waals surface area contributed by atoms with Crippen molar-refractivity contribution in [2.75, 3.05) is 0 Å². The smallest absolute Gasteiger partial charge is 0.387 e. The number of benzene rings is 2. The standard InChI is InChI=1S/C18H12F4O3/c1-18(21,22)15-10-11(3-9-16(23)24)2-8-14(15)12-4-6-13(7-5-12)25-17(19)20/h2,4-8,10,17H,1H3,(H,23,24). The molecule has 0 fully saturated rings. The fraction of sp³-hybridized carbons (Fsp3) is 0.167. The molecule has 2 aromatic rings. The molecule has 3 nitrogen and oxygen atoms in total. The van der Waals surface area contributed by atoms with E-state index in [1.807, 2.05) is 5.92 Å². The number of aliphatic carboxylic acids is 1. The summed E-state index contributed by atoms with van der Waals surface area (Å²) in [5.74, 6) is -0.537. The Balaban J connectivity index is 2.47. The first-order valence-corrected chi connectivity index (χ1v) is 6.99. The van der Waals surface area contributed by atoms with Gasteiger partial charge in [-0.05, 0) is 35.4 Å². The van der Waals surface area contributed by atoms with Gasteiger partial charge in [0.15, 0.2) is 0 Å². The number of hydrogen-bond acceptors (Lipinski definition) is 2. The molecule has 0 spiro atoms. The molecule has 0 heterocycles. The molecule has 7 heteroatoms. The maximum Gasteiger partial charge on any atom is 0.387 e. The van der Waals surface area contributed by atoms with Crippen LogP contribution in [0.25, 0.3) is 11.1 Å². The lowest BCUT2D eigenvalue weighted by Crippen LogP contribution is -2.09. The summed E-state index contributed by atoms with van der Waals surface area (Å²) >= 11 is 0. The molecule has 0 aliphatic rings. The molecule has 0 aliphatic carbocycles. The van der Waals surface area contributed by atoms with Gasteiger partial charge in [0.05, 0.1) is 0 Å². The van der Waals surface area contributed by atoms with Crippen molar-refractivity contribution >= 4 is 5.97 Å². The molecule has 130 valence electrons. The summed E-state index contributed by atoms with van der Waals surface area (Å²) in [6.45, 7) is -2.28. The van der Waals surface area contributed by atoms with Gasteiger partial charge in [-0.25, -0.2) is 13.6 Å². The number of ether oxygens (including phenoxy) is 1. The van der Waals surface area contributed by atoms with Gasteiger partial charge >= 0.3 is 12.6 Å². The summed E-state index contributed by atoms with van der Waals surface area (Å²) in [5, 5.41) is 8.54. The van der Waals surface area contributed by atoms with Crippen molar-refractivity contribution in [3.05, 3.63) is 53.6 Å². The molecule has 0 aromatic heterocycles. The molecule has 0 atom stereocenters. The van der Waals surface area contributed by atoms with Crippen molar-refractivity contribution in [2.24, 2.45) is 0 Å². The van der Waals surface area contributed by atoms with E-state index in [4.69, 9.17) is 5.11 Å². The lowest BCUT2D eigenvalue weighted by Gasteiger charge is -2.17. The second-order valence-electron chi connectivity index (χ2n) is 5.11. The predicted molar refractivity (Wildman–Crippen MR) is 82.6 cm³/mol. The zero-order valence-electron chi connectivity index (χ0n) is 12.9. The SMILES string of the molecule is CC(F)(F)c1cc(C#CC(=O)O)ccc1-c1ccc(OC(F)F)cc1. The van der Waals surface area contributed by atoms with E-state index >= 15 is 0 Å². The van der Waals surface area contributed by atoms with Crippen molar-refractivity contribution in [2.45, 2.75) is 19.5 Å². The molecular weight excluding hydrogens is 340 g/mol. The Kier molecular flexibility index (Phi) is 5.32. The average molecular weight is 352 g/mol. The highest BCUT2D eigenvalue weighted by Gasteiger charge is 2.28. The number of rotatable bonds is 4. The summed E-state index contributed by atoms with van der Waals surface area (Å²) in [6.07, 6.45) is 0. The van der Waals surface area contributed by atoms with E-state index < -0.39 is 18.5 Å². The summed E-state index contributed by atoms with van der Waals surface area (Å²) < 4.78 is 56.4. The van der Waals surface area contributed by atoms with Crippen LogP contribution in [0.15, 0.2) is 42.5 Å². The molecule has 25 heavy (non-hydrogen) atoms. The highest BCUT2D eigenvalue weighted by atomic mass is 19.3. The van der Waals surface area contributed by atoms with Gasteiger partial charge in [0.2, 0.25) is 0 Å². The van der Waals surface area contributed by atoms with E-state index in [0.717, 1.165) is 6.07 Å². The van der Waals surface area contributed by atoms with Gasteiger partial charge in [-0.1, -0.05) is 24.1 Å². The topological polar surface area (TPSA) is 46.5 Å². The second-order valence-corrected chi connectivity index (χ2v) is 5.11. The largest absolute Gasteiger partial charge is 0.472 e. The Morgan fingerprint density at radius 2 is 1.80 bits per heavy atom. The molecule has 0 radical (unpaired) electrons. The summed E-state index contributed by atoms with van der Waals surface area (Å²) in [4.78, 5) is 10.5. The van der Waals surface area contributed by atoms with E-state index in [-0.39, 0.29) is 22.4 Å². The number of carbonyl (C=O) groups is 1. The van der Waals surface area contributed by atoms with Crippen LogP contribution in [0.4, 0.5) is 17.6 Å². The quantitative estimate of drug-likeness (QED) is 0.651. The molecule has 0 aliphatic heterocycles. The fourth-order valence-electron chi connectivity index (χ4n) is 2.18. The Hall–Kier alpha value is -3.01. The number of carboxylic acids is 1. The minimum atomic E-state index is -3.21. The Morgan fingerprint density at radius 3 is 2.32 bits per heavy atom. The van der Waals surface area contributed by atoms with Crippen molar-refractivity contribution in [3.63, 3.8) is 0 Å². The number of halogens is 4. The van der Waals surface area contributed by atoms with E-state index in [9.17, 15) is 22.4 Å². The van der Waals surface area contributed by atoms with Gasteiger partial charge in [0.1, 0.15) is 5.75 Å². The van der Waals surface area contributed by atoms with Crippen molar-refractivity contribution in [1.82, 2.24) is 0 Å². The van der Waals surface area contributed by atoms with Crippen LogP contribution in [0.1, 0.15) is 18.1 Å². The van der Waals surface area contributed by atoms with Crippen LogP contribution >= 0.6 is 0 Å². The number of carboxylic acid groups (broad SMARTS) is 1. The van der Waals surface area contributed by atoms with Gasteiger partial charge < -0.3 is 9.84 Å². The minimum Gasteiger partial charge on any atom is -0.472 e. The third-order valence-corrected chi connectivity index (χ3v) is 3.20. The normalized spacial score (nSPS) is 11.0. The fourth-order valence-corrected chi connectivity index (χ4v) is 2.18. The van der Waals surface area contributed by atoms with Crippen LogP contribution in [0.3, 0.4) is 0 Å². The maximum atomic E-state index is 13.9. The Bertz CT molecular complexity index is 828. The summed E-state index contributed by atoms with van der Waals surface area (Å²) in [6, 6.07) is 9.14. The Morgan fingerprint density at radius 1 is 1.16 bits per heavy atom. The molecule has 2 rings (SSSR count). The van der Waals surface area contributed by atoms with Crippen molar-refractivity contribution in [1.29, 1.82) is 0 Å². The molecule has 1 N–H and O–H groups in total. The molecule has 2 aromatic carbocycles. The zero-order valence-corrected chi connectivity index (χ0v) is 12.9. The van der Waals surface area contributed by atoms with Crippen LogP contribution < -0.4 is 4.74 Å². The van der Waals surface area contributed by atoms with Crippen molar-refractivity contribution in [3.8, 4) is 28.7 Å². The zero-order chi connectivity index (χ0) is 18.6. The van der Waals surface area contributed by atoms with Crippen LogP contribution in [0.5, 0.6) is 5.75 Å². The van der Waals surface area contributed by atoms with Gasteiger partial charge in [-0.2, -0.15) is 8.78 Å². The molecule has 0 unspecified atom stereocenters. The first kappa shape index (κ1) is 18.3. The Labute approximate surface area is 140 Å². The lowest BCUT2D eigenvalue weighted by atomic mass is 9.94. The predicted octanol–water partition coefficient (Wildman–Crippen LogP) is 4.50. The summed E-state index contributed by atoms with van der Waals surface area (Å²) in [5.41, 5.74) is 0.320. The summed E-state index contributed by atoms with van der Waals surface area (Å²) in [7, 11) is 0. The van der Waals surface area contributed by atoms with Crippen LogP contribution in [-0.2, 0) is 10.7 Å². The van der Waals surface area contributed by atoms with Crippen LogP contribution in [0.2, 0.25) is 0 Å². The molecule has 0 saturated carbocycles. The average Bonchev–Trinajstić information content (AvgIpc) is 2.52. The van der Waals surface area contributed by atoms with E-state index in [2.05, 4.69) is 10.7 Å². The van der Waals surface area contributed by atoms with Crippen LogP contribution in [0, 0.1) is 11.8 Å². The van der Waals surface area contributed by atoms with E-state index in [1.54, 1.807) is 0 Å².